The van der Waals surface area contributed by atoms with Crippen molar-refractivity contribution in [3.63, 3.8) is 0 Å². The van der Waals surface area contributed by atoms with Crippen LogP contribution in [0.4, 0.5) is 10.2 Å². The summed E-state index contributed by atoms with van der Waals surface area (Å²) in [5, 5.41) is 4.41. The van der Waals surface area contributed by atoms with Gasteiger partial charge in [0, 0.05) is 37.4 Å². The van der Waals surface area contributed by atoms with Crippen molar-refractivity contribution in [3.8, 4) is 17.2 Å². The molecule has 1 aliphatic rings. The van der Waals surface area contributed by atoms with Gasteiger partial charge in [0.2, 0.25) is 0 Å². The number of aryl methyl sites for hydroxylation is 1. The van der Waals surface area contributed by atoms with Crippen LogP contribution < -0.4 is 9.64 Å². The molecule has 0 amide bonds. The zero-order valence-electron chi connectivity index (χ0n) is 14.5. The van der Waals surface area contributed by atoms with E-state index in [9.17, 15) is 9.18 Å². The van der Waals surface area contributed by atoms with Gasteiger partial charge < -0.3 is 14.2 Å². The van der Waals surface area contributed by atoms with Gasteiger partial charge in [0.05, 0.1) is 12.7 Å². The van der Waals surface area contributed by atoms with Crippen LogP contribution in [0.5, 0.6) is 5.75 Å². The summed E-state index contributed by atoms with van der Waals surface area (Å²) < 4.78 is 25.0. The van der Waals surface area contributed by atoms with Gasteiger partial charge in [0.25, 0.3) is 5.89 Å². The molecule has 1 saturated heterocycles. The number of halogens is 1. The number of hydrogen-bond donors (Lipinski definition) is 0. The molecule has 3 aromatic rings. The van der Waals surface area contributed by atoms with Crippen molar-refractivity contribution in [3.05, 3.63) is 29.8 Å². The summed E-state index contributed by atoms with van der Waals surface area (Å²) in [5.74, 6) is 1.50. The van der Waals surface area contributed by atoms with Crippen LogP contribution in [0.15, 0.2) is 22.7 Å². The number of carbonyl (C=O) groups excluding carboxylic acids is 1. The number of benzene rings is 1. The van der Waals surface area contributed by atoms with Gasteiger partial charge in [-0.1, -0.05) is 5.16 Å². The Hall–Kier alpha value is -3.03. The molecule has 0 aliphatic carbocycles. The Morgan fingerprint density at radius 2 is 1.96 bits per heavy atom. The third-order valence-corrected chi connectivity index (χ3v) is 4.44. The molecular formula is C18H17FN4O3. The van der Waals surface area contributed by atoms with E-state index < -0.39 is 5.82 Å². The maximum absolute atomic E-state index is 14.5. The Morgan fingerprint density at radius 3 is 2.62 bits per heavy atom. The van der Waals surface area contributed by atoms with E-state index in [0.717, 1.165) is 0 Å². The van der Waals surface area contributed by atoms with E-state index in [1.54, 1.807) is 19.1 Å². The summed E-state index contributed by atoms with van der Waals surface area (Å²) in [6.45, 7) is 2.77. The molecule has 0 saturated carbocycles. The van der Waals surface area contributed by atoms with Crippen LogP contribution in [0.2, 0.25) is 0 Å². The standard InChI is InChI=1S/C18H17FN4O3/c1-10-20-18(26-22-10)14-8-11-7-13(25-2)9-15(19)16(11)21-17(14)23-5-3-12(24)4-6-23/h7-9H,3-6H2,1-2H3. The van der Waals surface area contributed by atoms with Crippen molar-refractivity contribution in [1.29, 1.82) is 0 Å². The summed E-state index contributed by atoms with van der Waals surface area (Å²) in [7, 11) is 1.48. The molecule has 0 spiro atoms. The fraction of sp³-hybridized carbons (Fsp3) is 0.333. The van der Waals surface area contributed by atoms with E-state index >= 15 is 0 Å². The van der Waals surface area contributed by atoms with Crippen LogP contribution in [-0.2, 0) is 4.79 Å². The fourth-order valence-electron chi connectivity index (χ4n) is 3.10. The molecule has 2 aromatic heterocycles. The summed E-state index contributed by atoms with van der Waals surface area (Å²) in [6.07, 6.45) is 0.875. The molecule has 8 heteroatoms. The largest absolute Gasteiger partial charge is 0.497 e. The molecule has 26 heavy (non-hydrogen) atoms. The van der Waals surface area contributed by atoms with Crippen LogP contribution in [0.25, 0.3) is 22.4 Å². The number of anilines is 1. The molecule has 134 valence electrons. The van der Waals surface area contributed by atoms with Gasteiger partial charge in [-0.15, -0.1) is 0 Å². The van der Waals surface area contributed by atoms with E-state index in [1.807, 2.05) is 4.90 Å². The highest BCUT2D eigenvalue weighted by molar-refractivity contribution is 5.90. The van der Waals surface area contributed by atoms with Crippen molar-refractivity contribution in [1.82, 2.24) is 15.1 Å². The number of piperidine rings is 1. The quantitative estimate of drug-likeness (QED) is 0.714. The Kier molecular flexibility index (Phi) is 4.02. The minimum Gasteiger partial charge on any atom is -0.497 e. The first-order chi connectivity index (χ1) is 12.5. The molecule has 1 aromatic carbocycles. The normalized spacial score (nSPS) is 14.9. The predicted molar refractivity (Wildman–Crippen MR) is 92.7 cm³/mol. The summed E-state index contributed by atoms with van der Waals surface area (Å²) in [6, 6.07) is 4.78. The second-order valence-electron chi connectivity index (χ2n) is 6.21. The first kappa shape index (κ1) is 16.4. The van der Waals surface area contributed by atoms with Crippen molar-refractivity contribution >= 4 is 22.5 Å². The van der Waals surface area contributed by atoms with Crippen LogP contribution in [0.3, 0.4) is 0 Å². The first-order valence-electron chi connectivity index (χ1n) is 8.31. The highest BCUT2D eigenvalue weighted by Crippen LogP contribution is 2.34. The van der Waals surface area contributed by atoms with Gasteiger partial charge in [-0.25, -0.2) is 9.37 Å². The fourth-order valence-corrected chi connectivity index (χ4v) is 3.10. The molecule has 4 rings (SSSR count). The lowest BCUT2D eigenvalue weighted by Crippen LogP contribution is -2.34. The van der Waals surface area contributed by atoms with E-state index in [0.29, 0.717) is 60.2 Å². The second-order valence-corrected chi connectivity index (χ2v) is 6.21. The SMILES string of the molecule is COc1cc(F)c2nc(N3CCC(=O)CC3)c(-c3nc(C)no3)cc2c1. The van der Waals surface area contributed by atoms with Crippen molar-refractivity contribution in [2.45, 2.75) is 19.8 Å². The maximum atomic E-state index is 14.5. The van der Waals surface area contributed by atoms with Crippen molar-refractivity contribution in [2.24, 2.45) is 0 Å². The van der Waals surface area contributed by atoms with Gasteiger partial charge in [-0.3, -0.25) is 4.79 Å². The number of methoxy groups -OCH3 is 1. The molecule has 1 aliphatic heterocycles. The molecule has 7 nitrogen and oxygen atoms in total. The van der Waals surface area contributed by atoms with Crippen LogP contribution >= 0.6 is 0 Å². The molecule has 0 unspecified atom stereocenters. The summed E-state index contributed by atoms with van der Waals surface area (Å²) in [4.78, 5) is 22.4. The minimum absolute atomic E-state index is 0.216. The number of ether oxygens (including phenoxy) is 1. The Morgan fingerprint density at radius 1 is 1.19 bits per heavy atom. The highest BCUT2D eigenvalue weighted by Gasteiger charge is 2.24. The number of hydrogen-bond acceptors (Lipinski definition) is 7. The Balaban J connectivity index is 1.92. The zero-order valence-corrected chi connectivity index (χ0v) is 14.5. The summed E-state index contributed by atoms with van der Waals surface area (Å²) in [5.41, 5.74) is 0.845. The number of rotatable bonds is 3. The number of aromatic nitrogens is 3. The molecule has 0 N–H and O–H groups in total. The van der Waals surface area contributed by atoms with E-state index in [2.05, 4.69) is 15.1 Å². The topological polar surface area (TPSA) is 81.4 Å². The number of nitrogens with zero attached hydrogens (tertiary/aromatic N) is 4. The molecule has 1 fully saturated rings. The maximum Gasteiger partial charge on any atom is 0.261 e. The van der Waals surface area contributed by atoms with E-state index in [4.69, 9.17) is 9.26 Å². The molecule has 0 bridgehead atoms. The lowest BCUT2D eigenvalue weighted by Gasteiger charge is -2.28. The third kappa shape index (κ3) is 2.87. The monoisotopic (exact) mass is 356 g/mol. The molecule has 0 radical (unpaired) electrons. The van der Waals surface area contributed by atoms with E-state index in [-0.39, 0.29) is 11.3 Å². The third-order valence-electron chi connectivity index (χ3n) is 4.44. The average molecular weight is 356 g/mol. The lowest BCUT2D eigenvalue weighted by molar-refractivity contribution is -0.119. The van der Waals surface area contributed by atoms with Crippen molar-refractivity contribution in [2.75, 3.05) is 25.1 Å². The predicted octanol–water partition coefficient (Wildman–Crippen LogP) is 2.91. The molecular weight excluding hydrogens is 339 g/mol. The number of Topliss-reactive ketones (excluding diaryl/α,β-unsaturated/α-hetero) is 1. The lowest BCUT2D eigenvalue weighted by atomic mass is 10.1. The van der Waals surface area contributed by atoms with Gasteiger partial charge >= 0.3 is 0 Å². The molecule has 3 heterocycles. The van der Waals surface area contributed by atoms with Gasteiger partial charge in [-0.2, -0.15) is 4.98 Å². The second kappa shape index (κ2) is 6.36. The number of carbonyl (C=O) groups is 1. The van der Waals surface area contributed by atoms with Gasteiger partial charge in [0.1, 0.15) is 22.9 Å². The highest BCUT2D eigenvalue weighted by atomic mass is 19.1. The first-order valence-corrected chi connectivity index (χ1v) is 8.31. The molecule has 0 atom stereocenters. The van der Waals surface area contributed by atoms with Crippen LogP contribution in [-0.4, -0.2) is 41.1 Å². The van der Waals surface area contributed by atoms with Crippen LogP contribution in [0.1, 0.15) is 18.7 Å². The smallest absolute Gasteiger partial charge is 0.261 e. The summed E-state index contributed by atoms with van der Waals surface area (Å²) >= 11 is 0. The number of fused-ring (bicyclic) bond motifs is 1. The Bertz CT molecular complexity index is 992. The minimum atomic E-state index is -0.470. The number of ketones is 1. The van der Waals surface area contributed by atoms with Gasteiger partial charge in [-0.05, 0) is 19.1 Å². The Labute approximate surface area is 148 Å². The van der Waals surface area contributed by atoms with Crippen molar-refractivity contribution < 1.29 is 18.4 Å². The van der Waals surface area contributed by atoms with E-state index in [1.165, 1.54) is 13.2 Å². The zero-order chi connectivity index (χ0) is 18.3. The van der Waals surface area contributed by atoms with Crippen LogP contribution in [0, 0.1) is 12.7 Å². The van der Waals surface area contributed by atoms with Gasteiger partial charge in [0.15, 0.2) is 11.6 Å². The average Bonchev–Trinajstić information content (AvgIpc) is 3.07. The number of pyridine rings is 1.